The monoisotopic (exact) mass is 388 g/mol. The molecule has 0 saturated carbocycles. The number of benzene rings is 3. The van der Waals surface area contributed by atoms with Gasteiger partial charge in [0.15, 0.2) is 0 Å². The minimum Gasteiger partial charge on any atom is -0.390 e. The Morgan fingerprint density at radius 2 is 1.39 bits per heavy atom. The van der Waals surface area contributed by atoms with Crippen LogP contribution in [0.15, 0.2) is 82.6 Å². The van der Waals surface area contributed by atoms with Crippen LogP contribution < -0.4 is 4.90 Å². The Labute approximate surface area is 170 Å². The summed E-state index contributed by atoms with van der Waals surface area (Å²) in [6.07, 6.45) is 0.657. The van der Waals surface area contributed by atoms with Crippen LogP contribution in [0.1, 0.15) is 11.1 Å². The Morgan fingerprint density at radius 3 is 2.11 bits per heavy atom. The van der Waals surface area contributed by atoms with Crippen LogP contribution in [-0.2, 0) is 13.0 Å². The molecule has 0 amide bonds. The first kappa shape index (κ1) is 17.8. The predicted octanol–water partition coefficient (Wildman–Crippen LogP) is 4.71. The van der Waals surface area contributed by atoms with Gasteiger partial charge in [0, 0.05) is 29.4 Å². The van der Waals surface area contributed by atoms with E-state index in [1.54, 1.807) is 0 Å². The minimum atomic E-state index is -0.408. The van der Waals surface area contributed by atoms with E-state index in [0.717, 1.165) is 19.5 Å². The summed E-state index contributed by atoms with van der Waals surface area (Å²) >= 11 is 1.81. The molecular weight excluding hydrogens is 364 g/mol. The van der Waals surface area contributed by atoms with Gasteiger partial charge in [-0.3, -0.25) is 4.90 Å². The average Bonchev–Trinajstić information content (AvgIpc) is 2.73. The van der Waals surface area contributed by atoms with Gasteiger partial charge in [-0.25, -0.2) is 0 Å². The van der Waals surface area contributed by atoms with Crippen molar-refractivity contribution in [3.8, 4) is 0 Å². The Kier molecular flexibility index (Phi) is 4.85. The van der Waals surface area contributed by atoms with Crippen LogP contribution in [0.3, 0.4) is 0 Å². The van der Waals surface area contributed by atoms with Crippen molar-refractivity contribution in [1.29, 1.82) is 0 Å². The summed E-state index contributed by atoms with van der Waals surface area (Å²) in [5.74, 6) is 0. The van der Waals surface area contributed by atoms with Crippen molar-refractivity contribution < 1.29 is 5.11 Å². The van der Waals surface area contributed by atoms with Gasteiger partial charge in [-0.1, -0.05) is 60.3 Å². The molecule has 0 aromatic heterocycles. The number of rotatable bonds is 4. The molecule has 2 aliphatic heterocycles. The highest BCUT2D eigenvalue weighted by atomic mass is 32.2. The van der Waals surface area contributed by atoms with E-state index >= 15 is 0 Å². The molecule has 0 saturated heterocycles. The Hall–Kier alpha value is -2.27. The second-order valence-electron chi connectivity index (χ2n) is 7.56. The molecule has 1 unspecified atom stereocenters. The standard InChI is InChI=1S/C24H24N2OS/c27-20(16-25-14-13-18-7-1-2-8-19(18)15-25)17-26-21-9-3-5-11-23(21)28-24-12-6-4-10-22(24)26/h1-12,20,27H,13-17H2. The van der Waals surface area contributed by atoms with Gasteiger partial charge < -0.3 is 10.0 Å². The zero-order valence-electron chi connectivity index (χ0n) is 15.8. The number of hydrogen-bond acceptors (Lipinski definition) is 4. The lowest BCUT2D eigenvalue weighted by Gasteiger charge is -2.36. The largest absolute Gasteiger partial charge is 0.390 e. The van der Waals surface area contributed by atoms with Crippen molar-refractivity contribution in [3.05, 3.63) is 83.9 Å². The number of aliphatic hydroxyl groups excluding tert-OH is 1. The minimum absolute atomic E-state index is 0.408. The summed E-state index contributed by atoms with van der Waals surface area (Å²) < 4.78 is 0. The van der Waals surface area contributed by atoms with E-state index in [2.05, 4.69) is 82.6 Å². The normalized spacial score (nSPS) is 16.8. The molecule has 3 nitrogen and oxygen atoms in total. The van der Waals surface area contributed by atoms with E-state index in [-0.39, 0.29) is 0 Å². The molecule has 5 rings (SSSR count). The van der Waals surface area contributed by atoms with E-state index in [9.17, 15) is 5.11 Å². The summed E-state index contributed by atoms with van der Waals surface area (Å²) in [6.45, 7) is 3.24. The van der Waals surface area contributed by atoms with Crippen LogP contribution in [0, 0.1) is 0 Å². The van der Waals surface area contributed by atoms with Crippen molar-refractivity contribution in [2.75, 3.05) is 24.5 Å². The number of aliphatic hydroxyl groups is 1. The van der Waals surface area contributed by atoms with Crippen molar-refractivity contribution >= 4 is 23.1 Å². The quantitative estimate of drug-likeness (QED) is 0.700. The Bertz CT molecular complexity index is 944. The maximum atomic E-state index is 11.0. The van der Waals surface area contributed by atoms with Gasteiger partial charge >= 0.3 is 0 Å². The van der Waals surface area contributed by atoms with Crippen molar-refractivity contribution in [2.45, 2.75) is 28.9 Å². The highest BCUT2D eigenvalue weighted by Crippen LogP contribution is 2.47. The fraction of sp³-hybridized carbons (Fsp3) is 0.250. The third kappa shape index (κ3) is 3.44. The van der Waals surface area contributed by atoms with E-state index in [1.165, 1.54) is 32.3 Å². The summed E-state index contributed by atoms with van der Waals surface area (Å²) in [5.41, 5.74) is 5.22. The van der Waals surface area contributed by atoms with Crippen LogP contribution in [0.4, 0.5) is 11.4 Å². The first-order chi connectivity index (χ1) is 13.8. The molecule has 3 aromatic rings. The fourth-order valence-electron chi connectivity index (χ4n) is 4.25. The maximum absolute atomic E-state index is 11.0. The number of anilines is 2. The lowest BCUT2D eigenvalue weighted by Crippen LogP contribution is -2.41. The predicted molar refractivity (Wildman–Crippen MR) is 115 cm³/mol. The average molecular weight is 389 g/mol. The molecule has 0 aliphatic carbocycles. The molecule has 0 fully saturated rings. The topological polar surface area (TPSA) is 26.7 Å². The third-order valence-corrected chi connectivity index (χ3v) is 6.73. The fourth-order valence-corrected chi connectivity index (χ4v) is 5.35. The number of nitrogens with zero attached hydrogens (tertiary/aromatic N) is 2. The molecule has 2 aliphatic rings. The lowest BCUT2D eigenvalue weighted by molar-refractivity contribution is 0.111. The smallest absolute Gasteiger partial charge is 0.0846 e. The number of hydrogen-bond donors (Lipinski definition) is 1. The Morgan fingerprint density at radius 1 is 0.786 bits per heavy atom. The lowest BCUT2D eigenvalue weighted by atomic mass is 10.00. The van der Waals surface area contributed by atoms with Gasteiger partial charge in [-0.2, -0.15) is 0 Å². The zero-order chi connectivity index (χ0) is 18.9. The van der Waals surface area contributed by atoms with Crippen LogP contribution in [0.5, 0.6) is 0 Å². The summed E-state index contributed by atoms with van der Waals surface area (Å²) in [6, 6.07) is 25.6. The first-order valence-corrected chi connectivity index (χ1v) is 10.7. The van der Waals surface area contributed by atoms with Gasteiger partial charge in [0.1, 0.15) is 0 Å². The second kappa shape index (κ2) is 7.63. The molecule has 0 bridgehead atoms. The highest BCUT2D eigenvalue weighted by molar-refractivity contribution is 7.99. The zero-order valence-corrected chi connectivity index (χ0v) is 16.6. The molecule has 1 N–H and O–H groups in total. The van der Waals surface area contributed by atoms with Crippen molar-refractivity contribution in [2.24, 2.45) is 0 Å². The molecule has 4 heteroatoms. The van der Waals surface area contributed by atoms with Gasteiger partial charge in [0.2, 0.25) is 0 Å². The molecule has 28 heavy (non-hydrogen) atoms. The molecule has 2 heterocycles. The number of fused-ring (bicyclic) bond motifs is 3. The second-order valence-corrected chi connectivity index (χ2v) is 8.64. The first-order valence-electron chi connectivity index (χ1n) is 9.88. The summed E-state index contributed by atoms with van der Waals surface area (Å²) in [4.78, 5) is 7.16. The van der Waals surface area contributed by atoms with E-state index in [1.807, 2.05) is 11.8 Å². The Balaban J connectivity index is 1.34. The van der Waals surface area contributed by atoms with Crippen molar-refractivity contribution in [3.63, 3.8) is 0 Å². The molecule has 0 radical (unpaired) electrons. The van der Waals surface area contributed by atoms with E-state index in [4.69, 9.17) is 0 Å². The molecule has 0 spiro atoms. The number of para-hydroxylation sites is 2. The summed E-state index contributed by atoms with van der Waals surface area (Å²) in [7, 11) is 0. The van der Waals surface area contributed by atoms with Gasteiger partial charge in [-0.15, -0.1) is 0 Å². The van der Waals surface area contributed by atoms with Crippen LogP contribution in [0.25, 0.3) is 0 Å². The van der Waals surface area contributed by atoms with Crippen LogP contribution in [0.2, 0.25) is 0 Å². The van der Waals surface area contributed by atoms with Gasteiger partial charge in [0.25, 0.3) is 0 Å². The maximum Gasteiger partial charge on any atom is 0.0846 e. The van der Waals surface area contributed by atoms with Crippen molar-refractivity contribution in [1.82, 2.24) is 4.90 Å². The molecule has 142 valence electrons. The van der Waals surface area contributed by atoms with E-state index in [0.29, 0.717) is 13.1 Å². The van der Waals surface area contributed by atoms with Crippen LogP contribution >= 0.6 is 11.8 Å². The number of β-amino-alcohol motifs (C(OH)–C–C–N with tert-alkyl or cyclic N) is 1. The molecular formula is C24H24N2OS. The van der Waals surface area contributed by atoms with Crippen LogP contribution in [-0.4, -0.2) is 35.7 Å². The highest BCUT2D eigenvalue weighted by Gasteiger charge is 2.26. The van der Waals surface area contributed by atoms with E-state index < -0.39 is 6.10 Å². The van der Waals surface area contributed by atoms with Gasteiger partial charge in [-0.05, 0) is 41.8 Å². The molecule has 3 aromatic carbocycles. The molecule has 1 atom stereocenters. The summed E-state index contributed by atoms with van der Waals surface area (Å²) in [5, 5.41) is 11.0. The third-order valence-electron chi connectivity index (χ3n) is 5.60. The SMILES string of the molecule is OC(CN1CCc2ccccc2C1)CN1c2ccccc2Sc2ccccc21. The van der Waals surface area contributed by atoms with Gasteiger partial charge in [0.05, 0.1) is 24.0 Å².